The number of hydrogen-bond donors (Lipinski definition) is 1. The summed E-state index contributed by atoms with van der Waals surface area (Å²) >= 11 is 0. The number of piperazine rings is 1. The maximum absolute atomic E-state index is 12.4. The lowest BCUT2D eigenvalue weighted by Gasteiger charge is -2.33. The molecule has 150 valence electrons. The van der Waals surface area contributed by atoms with Gasteiger partial charge in [-0.15, -0.1) is 0 Å². The molecule has 1 aliphatic heterocycles. The van der Waals surface area contributed by atoms with E-state index < -0.39 is 0 Å². The molecule has 1 saturated heterocycles. The average Bonchev–Trinajstić information content (AvgIpc) is 3.19. The molecule has 0 atom stereocenters. The first-order chi connectivity index (χ1) is 14.2. The number of carbonyl (C=O) groups excluding carboxylic acids is 1. The Morgan fingerprint density at radius 2 is 1.86 bits per heavy atom. The van der Waals surface area contributed by atoms with Crippen LogP contribution in [0, 0.1) is 6.92 Å². The number of anilines is 1. The summed E-state index contributed by atoms with van der Waals surface area (Å²) in [5, 5.41) is 2.86. The Kier molecular flexibility index (Phi) is 5.97. The Morgan fingerprint density at radius 3 is 2.59 bits per heavy atom. The van der Waals surface area contributed by atoms with Crippen molar-refractivity contribution in [1.82, 2.24) is 19.8 Å². The summed E-state index contributed by atoms with van der Waals surface area (Å²) in [5.74, 6) is 0.309. The first-order valence-electron chi connectivity index (χ1n) is 9.83. The summed E-state index contributed by atoms with van der Waals surface area (Å²) in [7, 11) is 0. The predicted molar refractivity (Wildman–Crippen MR) is 110 cm³/mol. The van der Waals surface area contributed by atoms with Gasteiger partial charge in [-0.1, -0.05) is 18.2 Å². The third kappa shape index (κ3) is 5.28. The van der Waals surface area contributed by atoms with Crippen LogP contribution in [0.4, 0.5) is 5.69 Å². The SMILES string of the molecule is Cc1cccc(NC(=O)c2coc(CN3CCN(Cc4ccccn4)CC3)n2)c1. The van der Waals surface area contributed by atoms with Crippen molar-refractivity contribution in [1.29, 1.82) is 0 Å². The van der Waals surface area contributed by atoms with Gasteiger partial charge in [0.2, 0.25) is 5.89 Å². The lowest BCUT2D eigenvalue weighted by molar-refractivity contribution is 0.102. The van der Waals surface area contributed by atoms with Crippen LogP contribution in [0.5, 0.6) is 0 Å². The van der Waals surface area contributed by atoms with Crippen LogP contribution in [0.2, 0.25) is 0 Å². The van der Waals surface area contributed by atoms with E-state index in [-0.39, 0.29) is 5.91 Å². The fourth-order valence-corrected chi connectivity index (χ4v) is 3.42. The van der Waals surface area contributed by atoms with Crippen LogP contribution < -0.4 is 5.32 Å². The molecule has 29 heavy (non-hydrogen) atoms. The second-order valence-corrected chi connectivity index (χ2v) is 7.32. The van der Waals surface area contributed by atoms with Crippen molar-refractivity contribution in [2.24, 2.45) is 0 Å². The molecule has 3 aromatic rings. The highest BCUT2D eigenvalue weighted by Gasteiger charge is 2.20. The quantitative estimate of drug-likeness (QED) is 0.696. The van der Waals surface area contributed by atoms with Gasteiger partial charge in [0.05, 0.1) is 12.2 Å². The maximum Gasteiger partial charge on any atom is 0.277 e. The maximum atomic E-state index is 12.4. The van der Waals surface area contributed by atoms with E-state index in [1.807, 2.05) is 49.5 Å². The largest absolute Gasteiger partial charge is 0.447 e. The number of hydrogen-bond acceptors (Lipinski definition) is 6. The zero-order valence-corrected chi connectivity index (χ0v) is 16.5. The van der Waals surface area contributed by atoms with Gasteiger partial charge in [-0.2, -0.15) is 0 Å². The molecule has 1 N–H and O–H groups in total. The van der Waals surface area contributed by atoms with Gasteiger partial charge < -0.3 is 9.73 Å². The number of rotatable bonds is 6. The van der Waals surface area contributed by atoms with Crippen LogP contribution in [0.3, 0.4) is 0 Å². The number of benzene rings is 1. The van der Waals surface area contributed by atoms with Crippen LogP contribution in [0.25, 0.3) is 0 Å². The Balaban J connectivity index is 1.27. The van der Waals surface area contributed by atoms with E-state index in [0.717, 1.165) is 49.7 Å². The smallest absolute Gasteiger partial charge is 0.277 e. The molecule has 0 unspecified atom stereocenters. The van der Waals surface area contributed by atoms with E-state index >= 15 is 0 Å². The molecule has 0 spiro atoms. The molecule has 7 nitrogen and oxygen atoms in total. The molecule has 2 aromatic heterocycles. The number of aromatic nitrogens is 2. The molecule has 1 fully saturated rings. The van der Waals surface area contributed by atoms with E-state index in [1.54, 1.807) is 0 Å². The van der Waals surface area contributed by atoms with Crippen molar-refractivity contribution in [2.75, 3.05) is 31.5 Å². The lowest BCUT2D eigenvalue weighted by Crippen LogP contribution is -2.45. The zero-order chi connectivity index (χ0) is 20.1. The molecular weight excluding hydrogens is 366 g/mol. The van der Waals surface area contributed by atoms with Gasteiger partial charge in [0.1, 0.15) is 6.26 Å². The highest BCUT2D eigenvalue weighted by Crippen LogP contribution is 2.14. The fourth-order valence-electron chi connectivity index (χ4n) is 3.42. The summed E-state index contributed by atoms with van der Waals surface area (Å²) < 4.78 is 5.54. The number of nitrogens with one attached hydrogen (secondary N) is 1. The molecule has 0 bridgehead atoms. The van der Waals surface area contributed by atoms with E-state index in [0.29, 0.717) is 18.1 Å². The molecule has 1 aromatic carbocycles. The van der Waals surface area contributed by atoms with Crippen molar-refractivity contribution in [3.05, 3.63) is 77.8 Å². The second-order valence-electron chi connectivity index (χ2n) is 7.32. The summed E-state index contributed by atoms with van der Waals surface area (Å²) in [5.41, 5.74) is 3.24. The summed E-state index contributed by atoms with van der Waals surface area (Å²) in [6.07, 6.45) is 3.26. The zero-order valence-electron chi connectivity index (χ0n) is 16.5. The average molecular weight is 391 g/mol. The van der Waals surface area contributed by atoms with Gasteiger partial charge in [0.25, 0.3) is 5.91 Å². The molecule has 4 rings (SSSR count). The molecule has 3 heterocycles. The van der Waals surface area contributed by atoms with Gasteiger partial charge in [-0.3, -0.25) is 19.6 Å². The first-order valence-corrected chi connectivity index (χ1v) is 9.83. The second kappa shape index (κ2) is 8.98. The predicted octanol–water partition coefficient (Wildman–Crippen LogP) is 2.95. The minimum atomic E-state index is -0.259. The highest BCUT2D eigenvalue weighted by molar-refractivity contribution is 6.02. The van der Waals surface area contributed by atoms with Crippen LogP contribution in [-0.4, -0.2) is 51.9 Å². The Labute approximate surface area is 170 Å². The van der Waals surface area contributed by atoms with Crippen molar-refractivity contribution in [2.45, 2.75) is 20.0 Å². The number of aryl methyl sites for hydroxylation is 1. The topological polar surface area (TPSA) is 74.5 Å². The van der Waals surface area contributed by atoms with Crippen LogP contribution >= 0.6 is 0 Å². The van der Waals surface area contributed by atoms with E-state index in [2.05, 4.69) is 31.2 Å². The summed E-state index contributed by atoms with van der Waals surface area (Å²) in [6.45, 7) is 7.27. The fraction of sp³-hybridized carbons (Fsp3) is 0.318. The third-order valence-electron chi connectivity index (χ3n) is 5.00. The molecule has 0 radical (unpaired) electrons. The van der Waals surface area contributed by atoms with Gasteiger partial charge in [0, 0.05) is 44.6 Å². The molecular formula is C22H25N5O2. The molecule has 1 amide bonds. The van der Waals surface area contributed by atoms with Crippen molar-refractivity contribution in [3.8, 4) is 0 Å². The molecule has 1 aliphatic rings. The lowest BCUT2D eigenvalue weighted by atomic mass is 10.2. The summed E-state index contributed by atoms with van der Waals surface area (Å²) in [6, 6.07) is 13.7. The number of pyridine rings is 1. The number of carbonyl (C=O) groups is 1. The first kappa shape index (κ1) is 19.3. The standard InChI is InChI=1S/C22H25N5O2/c1-17-5-4-7-18(13-17)24-22(28)20-16-29-21(25-20)15-27-11-9-26(10-12-27)14-19-6-2-3-8-23-19/h2-8,13,16H,9-12,14-15H2,1H3,(H,24,28). The Hall–Kier alpha value is -3.03. The minimum Gasteiger partial charge on any atom is -0.447 e. The van der Waals surface area contributed by atoms with E-state index in [4.69, 9.17) is 4.42 Å². The van der Waals surface area contributed by atoms with Crippen LogP contribution in [-0.2, 0) is 13.1 Å². The van der Waals surface area contributed by atoms with Gasteiger partial charge >= 0.3 is 0 Å². The monoisotopic (exact) mass is 391 g/mol. The summed E-state index contributed by atoms with van der Waals surface area (Å²) in [4.78, 5) is 25.8. The molecule has 7 heteroatoms. The van der Waals surface area contributed by atoms with E-state index in [9.17, 15) is 4.79 Å². The van der Waals surface area contributed by atoms with Crippen LogP contribution in [0.1, 0.15) is 27.6 Å². The van der Waals surface area contributed by atoms with Crippen LogP contribution in [0.15, 0.2) is 59.3 Å². The normalized spacial score (nSPS) is 15.3. The highest BCUT2D eigenvalue weighted by atomic mass is 16.3. The van der Waals surface area contributed by atoms with Gasteiger partial charge in [0.15, 0.2) is 5.69 Å². The Bertz CT molecular complexity index is 949. The van der Waals surface area contributed by atoms with Crippen molar-refractivity contribution >= 4 is 11.6 Å². The number of nitrogens with zero attached hydrogens (tertiary/aromatic N) is 4. The van der Waals surface area contributed by atoms with Gasteiger partial charge in [-0.25, -0.2) is 4.98 Å². The van der Waals surface area contributed by atoms with Gasteiger partial charge in [-0.05, 0) is 36.8 Å². The molecule has 0 aliphatic carbocycles. The van der Waals surface area contributed by atoms with Crippen molar-refractivity contribution in [3.63, 3.8) is 0 Å². The Morgan fingerprint density at radius 1 is 1.07 bits per heavy atom. The minimum absolute atomic E-state index is 0.259. The number of oxazole rings is 1. The number of amides is 1. The third-order valence-corrected chi connectivity index (χ3v) is 5.00. The van der Waals surface area contributed by atoms with E-state index in [1.165, 1.54) is 6.26 Å². The molecule has 0 saturated carbocycles. The van der Waals surface area contributed by atoms with Crippen molar-refractivity contribution < 1.29 is 9.21 Å².